The Morgan fingerprint density at radius 2 is 1.95 bits per heavy atom. The number of hydrogen-bond acceptors (Lipinski definition) is 3. The van der Waals surface area contributed by atoms with Gasteiger partial charge in [0, 0.05) is 25.2 Å². The van der Waals surface area contributed by atoms with Gasteiger partial charge in [-0.15, -0.1) is 0 Å². The van der Waals surface area contributed by atoms with Gasteiger partial charge in [0.15, 0.2) is 0 Å². The summed E-state index contributed by atoms with van der Waals surface area (Å²) in [5.74, 6) is -0.858. The smallest absolute Gasteiger partial charge is 0.326 e. The van der Waals surface area contributed by atoms with E-state index in [9.17, 15) is 14.7 Å². The van der Waals surface area contributed by atoms with Crippen LogP contribution in [0.25, 0.3) is 0 Å². The predicted molar refractivity (Wildman–Crippen MR) is 73.4 cm³/mol. The summed E-state index contributed by atoms with van der Waals surface area (Å²) in [6.07, 6.45) is 4.10. The van der Waals surface area contributed by atoms with Crippen LogP contribution in [0.5, 0.6) is 0 Å². The molecule has 3 aliphatic heterocycles. The zero-order chi connectivity index (χ0) is 14.3. The van der Waals surface area contributed by atoms with Crippen LogP contribution in [0.3, 0.4) is 0 Å². The van der Waals surface area contributed by atoms with Crippen molar-refractivity contribution < 1.29 is 14.7 Å². The fraction of sp³-hybridized carbons (Fsp3) is 0.857. The Morgan fingerprint density at radius 3 is 2.70 bits per heavy atom. The highest BCUT2D eigenvalue weighted by Gasteiger charge is 2.42. The number of rotatable bonds is 2. The number of carboxylic acid groups (broad SMARTS) is 1. The molecule has 3 rings (SSSR count). The number of likely N-dealkylation sites (tertiary alicyclic amines) is 1. The lowest BCUT2D eigenvalue weighted by Gasteiger charge is -2.27. The normalized spacial score (nSPS) is 37.1. The molecule has 0 radical (unpaired) electrons. The van der Waals surface area contributed by atoms with Crippen LogP contribution in [0.15, 0.2) is 0 Å². The molecule has 3 heterocycles. The van der Waals surface area contributed by atoms with E-state index in [1.807, 2.05) is 6.92 Å². The van der Waals surface area contributed by atoms with E-state index in [1.54, 1.807) is 0 Å². The molecule has 0 spiro atoms. The summed E-state index contributed by atoms with van der Waals surface area (Å²) in [6, 6.07) is -0.214. The summed E-state index contributed by atoms with van der Waals surface area (Å²) >= 11 is 0. The van der Waals surface area contributed by atoms with Crippen LogP contribution in [-0.4, -0.2) is 64.7 Å². The van der Waals surface area contributed by atoms with Gasteiger partial charge < -0.3 is 15.3 Å². The maximum absolute atomic E-state index is 12.4. The molecule has 0 aromatic rings. The average Bonchev–Trinajstić information content (AvgIpc) is 3.05. The Balaban J connectivity index is 1.63. The van der Waals surface area contributed by atoms with Gasteiger partial charge in [-0.05, 0) is 38.1 Å². The van der Waals surface area contributed by atoms with Gasteiger partial charge in [-0.3, -0.25) is 4.90 Å². The first-order chi connectivity index (χ1) is 9.58. The molecule has 6 nitrogen and oxygen atoms in total. The summed E-state index contributed by atoms with van der Waals surface area (Å²) in [6.45, 7) is 4.63. The van der Waals surface area contributed by atoms with Gasteiger partial charge in [0.05, 0.1) is 0 Å². The fourth-order valence-electron chi connectivity index (χ4n) is 4.04. The van der Waals surface area contributed by atoms with Crippen LogP contribution in [0.4, 0.5) is 4.79 Å². The average molecular weight is 281 g/mol. The topological polar surface area (TPSA) is 72.9 Å². The zero-order valence-electron chi connectivity index (χ0n) is 11.9. The first-order valence-corrected chi connectivity index (χ1v) is 7.62. The minimum Gasteiger partial charge on any atom is -0.480 e. The molecule has 0 bridgehead atoms. The largest absolute Gasteiger partial charge is 0.480 e. The lowest BCUT2D eigenvalue weighted by atomic mass is 10.0. The van der Waals surface area contributed by atoms with E-state index in [-0.39, 0.29) is 18.0 Å². The molecular weight excluding hydrogens is 258 g/mol. The number of carboxylic acids is 1. The Kier molecular flexibility index (Phi) is 3.58. The monoisotopic (exact) mass is 281 g/mol. The Labute approximate surface area is 119 Å². The number of aliphatic carboxylic acids is 1. The number of urea groups is 1. The Morgan fingerprint density at radius 1 is 1.15 bits per heavy atom. The highest BCUT2D eigenvalue weighted by molar-refractivity contribution is 5.83. The van der Waals surface area contributed by atoms with Crippen molar-refractivity contribution in [3.8, 4) is 0 Å². The number of hydrogen-bond donors (Lipinski definition) is 2. The lowest BCUT2D eigenvalue weighted by molar-refractivity contribution is -0.142. The Hall–Kier alpha value is -1.30. The second-order valence-electron chi connectivity index (χ2n) is 6.33. The third-order valence-corrected chi connectivity index (χ3v) is 5.13. The van der Waals surface area contributed by atoms with Crippen molar-refractivity contribution >= 4 is 12.0 Å². The first-order valence-electron chi connectivity index (χ1n) is 7.62. The van der Waals surface area contributed by atoms with Gasteiger partial charge in [-0.25, -0.2) is 9.59 Å². The number of nitrogens with one attached hydrogen (secondary N) is 1. The van der Waals surface area contributed by atoms with Crippen LogP contribution in [0.1, 0.15) is 32.6 Å². The van der Waals surface area contributed by atoms with E-state index < -0.39 is 12.0 Å². The quantitative estimate of drug-likeness (QED) is 0.782. The molecule has 2 N–H and O–H groups in total. The third kappa shape index (κ3) is 2.26. The molecule has 20 heavy (non-hydrogen) atoms. The molecule has 6 heteroatoms. The second-order valence-corrected chi connectivity index (χ2v) is 6.33. The van der Waals surface area contributed by atoms with Crippen LogP contribution < -0.4 is 5.32 Å². The molecule has 0 aromatic carbocycles. The van der Waals surface area contributed by atoms with Gasteiger partial charge in [0.1, 0.15) is 6.04 Å². The maximum Gasteiger partial charge on any atom is 0.326 e. The van der Waals surface area contributed by atoms with Gasteiger partial charge in [-0.1, -0.05) is 6.92 Å². The summed E-state index contributed by atoms with van der Waals surface area (Å²) in [4.78, 5) is 27.6. The predicted octanol–water partition coefficient (Wildman–Crippen LogP) is 0.728. The molecular formula is C14H23N3O3. The van der Waals surface area contributed by atoms with Crippen molar-refractivity contribution in [2.24, 2.45) is 5.92 Å². The highest BCUT2D eigenvalue weighted by Crippen LogP contribution is 2.29. The molecule has 2 amide bonds. The molecule has 0 saturated carbocycles. The second kappa shape index (κ2) is 5.24. The summed E-state index contributed by atoms with van der Waals surface area (Å²) in [5, 5.41) is 12.4. The summed E-state index contributed by atoms with van der Waals surface area (Å²) in [5.41, 5.74) is 0. The number of fused-ring (bicyclic) bond motifs is 1. The van der Waals surface area contributed by atoms with E-state index in [2.05, 4.69) is 10.2 Å². The van der Waals surface area contributed by atoms with Crippen molar-refractivity contribution in [2.75, 3.05) is 19.6 Å². The van der Waals surface area contributed by atoms with Gasteiger partial charge in [-0.2, -0.15) is 0 Å². The molecule has 4 unspecified atom stereocenters. The number of carbonyl (C=O) groups is 2. The van der Waals surface area contributed by atoms with Crippen LogP contribution in [0, 0.1) is 5.92 Å². The van der Waals surface area contributed by atoms with Crippen molar-refractivity contribution in [2.45, 2.75) is 50.7 Å². The van der Waals surface area contributed by atoms with Gasteiger partial charge >= 0.3 is 12.0 Å². The zero-order valence-corrected chi connectivity index (χ0v) is 11.9. The molecule has 0 aromatic heterocycles. The first kappa shape index (κ1) is 13.7. The van der Waals surface area contributed by atoms with Crippen molar-refractivity contribution in [1.82, 2.24) is 15.1 Å². The molecule has 4 atom stereocenters. The van der Waals surface area contributed by atoms with Crippen LogP contribution in [0.2, 0.25) is 0 Å². The van der Waals surface area contributed by atoms with E-state index in [1.165, 1.54) is 11.3 Å². The van der Waals surface area contributed by atoms with Crippen molar-refractivity contribution in [3.05, 3.63) is 0 Å². The number of carbonyl (C=O) groups excluding carboxylic acids is 1. The molecule has 112 valence electrons. The minimum atomic E-state index is -0.890. The molecule has 3 fully saturated rings. The maximum atomic E-state index is 12.4. The SMILES string of the molecule is CC1CCN(C(=O)NC2CCN3CCCC23)C1C(=O)O. The van der Waals surface area contributed by atoms with E-state index in [0.717, 1.165) is 32.4 Å². The van der Waals surface area contributed by atoms with Gasteiger partial charge in [0.2, 0.25) is 0 Å². The summed E-state index contributed by atoms with van der Waals surface area (Å²) < 4.78 is 0. The number of amides is 2. The number of nitrogens with zero attached hydrogens (tertiary/aromatic N) is 2. The molecule has 3 aliphatic rings. The lowest BCUT2D eigenvalue weighted by Crippen LogP contribution is -2.52. The van der Waals surface area contributed by atoms with Crippen LogP contribution >= 0.6 is 0 Å². The van der Waals surface area contributed by atoms with E-state index in [0.29, 0.717) is 12.6 Å². The summed E-state index contributed by atoms with van der Waals surface area (Å²) in [7, 11) is 0. The highest BCUT2D eigenvalue weighted by atomic mass is 16.4. The van der Waals surface area contributed by atoms with Crippen LogP contribution in [-0.2, 0) is 4.79 Å². The Bertz CT molecular complexity index is 414. The molecule has 3 saturated heterocycles. The fourth-order valence-corrected chi connectivity index (χ4v) is 4.04. The molecule has 0 aliphatic carbocycles. The van der Waals surface area contributed by atoms with Gasteiger partial charge in [0.25, 0.3) is 0 Å². The van der Waals surface area contributed by atoms with Crippen molar-refractivity contribution in [3.63, 3.8) is 0 Å². The third-order valence-electron chi connectivity index (χ3n) is 5.13. The van der Waals surface area contributed by atoms with E-state index in [4.69, 9.17) is 0 Å². The minimum absolute atomic E-state index is 0.0322. The van der Waals surface area contributed by atoms with E-state index >= 15 is 0 Å². The van der Waals surface area contributed by atoms with Crippen molar-refractivity contribution in [1.29, 1.82) is 0 Å². The standard InChI is InChI=1S/C14H23N3O3/c1-9-4-8-17(12(9)13(18)19)14(20)15-10-5-7-16-6-2-3-11(10)16/h9-12H,2-8H2,1H3,(H,15,20)(H,18,19).